The van der Waals surface area contributed by atoms with Crippen LogP contribution in [0.5, 0.6) is 0 Å². The van der Waals surface area contributed by atoms with E-state index in [9.17, 15) is 122 Å². The highest BCUT2D eigenvalue weighted by molar-refractivity contribution is 7.95. The van der Waals surface area contributed by atoms with Crippen LogP contribution in [0.25, 0.3) is 87.9 Å². The standard InChI is InChI=1S/C25H16ClF2NO4S.C20H15ClFNO4S.C20H16FNO6S2.C20H18FNO4S.C19H13Cl2NO4S/c1-13-25(20-10-17(27)3-5-22(20)29(13)11-24(30)31)21-12-34(32,33)23-8-14(2-4-19(21)23)15-6-16(26)9-18(28)7-15;1-11-20(16-9-13(22)3-4-17(16)23(11)10-19(24)25)14-6-7-28(26,27)18-5-2-12(21)8-15(14)18;1-11-20(15-7-12(21)3-6-17(15)22(11)9-19(23)24)16-10-30(27,28)18-8-13(29(2,25)26)4-5-14(16)18;1-12-20(15-8-9-27(25,26)18-5-3-2-4-14(15)18)16-10-13(21)6-7-17(16)22(12)11-19(23)24;1-10-19(14-5-3-11(20)6-16(14)22(10)8-18(23)24)15-9-27(25,26)17-7-12(21)2-4-13(15)17/h2-10,12H,11H2,1H3,(H,30,31);2-6,8-9H,7,10H2,1H3,(H,24,25);3-8,10H,9H2,1-2H3,(H,23,24);2-7,10,15H,8-9,11H2,1H3,(H,23,24);2-7,9H,8H2,1H3,(H,23,24). The van der Waals surface area contributed by atoms with Gasteiger partial charge in [0.2, 0.25) is 29.5 Å². The van der Waals surface area contributed by atoms with Crippen LogP contribution in [0.1, 0.15) is 96.4 Å². The third-order valence-electron chi connectivity index (χ3n) is 25.9. The summed E-state index contributed by atoms with van der Waals surface area (Å²) in [5.41, 5.74) is 13.6. The molecule has 16 aromatic rings. The van der Waals surface area contributed by atoms with Gasteiger partial charge >= 0.3 is 29.8 Å². The van der Waals surface area contributed by atoms with Crippen molar-refractivity contribution in [2.24, 2.45) is 0 Å². The van der Waals surface area contributed by atoms with Gasteiger partial charge in [-0.3, -0.25) is 24.0 Å². The molecule has 1 atom stereocenters. The summed E-state index contributed by atoms with van der Waals surface area (Å²) in [5.74, 6) is -8.11. The fraction of sp³-hybridized carbons (Fsp3) is 0.144. The molecule has 11 aromatic carbocycles. The number of carboxylic acids is 5. The van der Waals surface area contributed by atoms with Crippen LogP contribution in [-0.2, 0) is 116 Å². The number of benzene rings is 11. The van der Waals surface area contributed by atoms with Gasteiger partial charge in [0.1, 0.15) is 61.8 Å². The molecular formula is C104H78Cl4F5N5O22S6. The van der Waals surface area contributed by atoms with Crippen molar-refractivity contribution in [3.8, 4) is 11.1 Å². The third kappa shape index (κ3) is 19.5. The Morgan fingerprint density at radius 3 is 1.21 bits per heavy atom. The lowest BCUT2D eigenvalue weighted by molar-refractivity contribution is -0.138. The second kappa shape index (κ2) is 38.7. The molecule has 0 aliphatic carbocycles. The fourth-order valence-electron chi connectivity index (χ4n) is 19.7. The number of hydrogen-bond acceptors (Lipinski definition) is 17. The van der Waals surface area contributed by atoms with Crippen molar-refractivity contribution in [1.82, 2.24) is 22.8 Å². The second-order valence-electron chi connectivity index (χ2n) is 35.0. The number of carboxylic acid groups (broad SMARTS) is 5. The topological polar surface area (TPSA) is 416 Å². The highest BCUT2D eigenvalue weighted by Crippen LogP contribution is 2.51. The van der Waals surface area contributed by atoms with Crippen molar-refractivity contribution < 1.29 is 122 Å². The van der Waals surface area contributed by atoms with Gasteiger partial charge in [-0.15, -0.1) is 0 Å². The highest BCUT2D eigenvalue weighted by Gasteiger charge is 2.40. The molecule has 1 unspecified atom stereocenters. The molecule has 21 rings (SSSR count). The maximum atomic E-state index is 14.2. The maximum Gasteiger partial charge on any atom is 0.323 e. The molecule has 10 heterocycles. The van der Waals surface area contributed by atoms with Gasteiger partial charge in [-0.1, -0.05) is 101 Å². The lowest BCUT2D eigenvalue weighted by Crippen LogP contribution is -2.21. The van der Waals surface area contributed by atoms with E-state index in [-0.39, 0.29) is 90.8 Å². The minimum atomic E-state index is -3.94. The molecule has 42 heteroatoms. The average Bonchev–Trinajstić information content (AvgIpc) is 1.57. The number of rotatable bonds is 17. The van der Waals surface area contributed by atoms with Gasteiger partial charge in [-0.25, -0.2) is 72.5 Å². The Morgan fingerprint density at radius 2 is 0.733 bits per heavy atom. The monoisotopic (exact) mass is 2180 g/mol. The van der Waals surface area contributed by atoms with Crippen molar-refractivity contribution >= 4 is 212 Å². The second-order valence-corrected chi connectivity index (χ2v) is 48.1. The molecule has 5 aromatic heterocycles. The van der Waals surface area contributed by atoms with Gasteiger partial charge < -0.3 is 48.4 Å². The molecule has 750 valence electrons. The van der Waals surface area contributed by atoms with Crippen molar-refractivity contribution in [3.05, 3.63) is 362 Å². The lowest BCUT2D eigenvalue weighted by Gasteiger charge is -2.26. The van der Waals surface area contributed by atoms with E-state index in [1.165, 1.54) is 130 Å². The zero-order chi connectivity index (χ0) is 105. The van der Waals surface area contributed by atoms with E-state index in [1.807, 2.05) is 6.92 Å². The van der Waals surface area contributed by atoms with Crippen LogP contribution in [0.2, 0.25) is 20.1 Å². The highest BCUT2D eigenvalue weighted by atomic mass is 35.5. The van der Waals surface area contributed by atoms with E-state index < -0.39 is 118 Å². The normalized spacial score (nSPS) is 15.6. The van der Waals surface area contributed by atoms with Crippen molar-refractivity contribution in [3.63, 3.8) is 0 Å². The molecule has 0 bridgehead atoms. The van der Waals surface area contributed by atoms with Crippen molar-refractivity contribution in [2.45, 2.75) is 109 Å². The van der Waals surface area contributed by atoms with Crippen LogP contribution in [-0.4, -0.2) is 146 Å². The first-order valence-electron chi connectivity index (χ1n) is 43.8. The Hall–Kier alpha value is -14.1. The fourth-order valence-corrected chi connectivity index (χ4v) is 28.6. The Labute approximate surface area is 850 Å². The predicted octanol–water partition coefficient (Wildman–Crippen LogP) is 20.6. The summed E-state index contributed by atoms with van der Waals surface area (Å²) >= 11 is 24.2. The van der Waals surface area contributed by atoms with Crippen LogP contribution < -0.4 is 0 Å². The van der Waals surface area contributed by atoms with Gasteiger partial charge in [0.05, 0.1) is 46.4 Å². The first-order valence-corrected chi connectivity index (χ1v) is 55.2. The number of aliphatic carboxylic acids is 5. The summed E-state index contributed by atoms with van der Waals surface area (Å²) in [5, 5.41) is 53.9. The molecule has 5 N–H and O–H groups in total. The van der Waals surface area contributed by atoms with Crippen LogP contribution in [0, 0.1) is 63.7 Å². The quantitative estimate of drug-likeness (QED) is 0.0529. The Morgan fingerprint density at radius 1 is 0.342 bits per heavy atom. The van der Waals surface area contributed by atoms with Crippen LogP contribution >= 0.6 is 46.4 Å². The maximum absolute atomic E-state index is 14.2. The molecule has 0 amide bonds. The van der Waals surface area contributed by atoms with E-state index in [0.717, 1.165) is 45.8 Å². The Bertz CT molecular complexity index is 9370. The molecule has 0 saturated heterocycles. The van der Waals surface area contributed by atoms with E-state index in [0.29, 0.717) is 171 Å². The smallest absolute Gasteiger partial charge is 0.323 e. The SMILES string of the molecule is Cc1c(C2=CCS(=O)(=O)c3ccc(Cl)cc32)c2cc(F)ccc2n1CC(=O)O.Cc1c(C2=CS(=O)(=O)c3cc(-c4cc(F)cc(Cl)c4)ccc32)c2cc(F)ccc2n1CC(=O)O.Cc1c(C2=CS(=O)(=O)c3cc(Cl)ccc32)c2ccc(Cl)cc2n1CC(=O)O.Cc1c(C2=CS(=O)(=O)c3cc(S(C)(=O)=O)ccc32)c2cc(F)ccc2n1CC(=O)O.Cc1c(C2CCS(=O)(=O)c3ccccc32)c2cc(F)ccc2n1CC(=O)O. The van der Waals surface area contributed by atoms with E-state index in [1.54, 1.807) is 126 Å². The zero-order valence-corrected chi connectivity index (χ0v) is 84.9. The van der Waals surface area contributed by atoms with Crippen LogP contribution in [0.3, 0.4) is 0 Å². The molecule has 0 fully saturated rings. The minimum Gasteiger partial charge on any atom is -0.480 e. The first-order chi connectivity index (χ1) is 68.6. The molecule has 0 spiro atoms. The summed E-state index contributed by atoms with van der Waals surface area (Å²) < 4.78 is 228. The van der Waals surface area contributed by atoms with Gasteiger partial charge in [-0.05, 0) is 227 Å². The largest absolute Gasteiger partial charge is 0.480 e. The molecule has 0 radical (unpaired) electrons. The number of nitrogens with zero attached hydrogens (tertiary/aromatic N) is 5. The Balaban J connectivity index is 0.000000125. The van der Waals surface area contributed by atoms with Crippen LogP contribution in [0.4, 0.5) is 22.0 Å². The molecule has 5 aliphatic rings. The van der Waals surface area contributed by atoms with E-state index in [2.05, 4.69) is 0 Å². The molecule has 5 aliphatic heterocycles. The molecule has 146 heavy (non-hydrogen) atoms. The number of hydrogen-bond donors (Lipinski definition) is 5. The summed E-state index contributed by atoms with van der Waals surface area (Å²) in [6.45, 7) is 7.10. The number of sulfone groups is 6. The summed E-state index contributed by atoms with van der Waals surface area (Å²) in [6, 6.07) is 50.1. The number of aromatic nitrogens is 5. The van der Waals surface area contributed by atoms with Crippen molar-refractivity contribution in [2.75, 3.05) is 17.8 Å². The van der Waals surface area contributed by atoms with Crippen molar-refractivity contribution in [1.29, 1.82) is 0 Å². The van der Waals surface area contributed by atoms with Gasteiger partial charge in [0, 0.05) is 187 Å². The summed E-state index contributed by atoms with van der Waals surface area (Å²) in [6.07, 6.45) is 2.94. The molecule has 27 nitrogen and oxygen atoms in total. The van der Waals surface area contributed by atoms with Gasteiger partial charge in [0.15, 0.2) is 29.5 Å². The van der Waals surface area contributed by atoms with Gasteiger partial charge in [0.25, 0.3) is 0 Å². The summed E-state index contributed by atoms with van der Waals surface area (Å²) in [7, 11) is -21.9. The third-order valence-corrected chi connectivity index (χ3v) is 35.8. The minimum absolute atomic E-state index is 0.00897. The van der Waals surface area contributed by atoms with E-state index >= 15 is 0 Å². The number of halogens is 9. The van der Waals surface area contributed by atoms with Crippen LogP contribution in [0.15, 0.2) is 258 Å². The summed E-state index contributed by atoms with van der Waals surface area (Å²) in [4.78, 5) is 57.1. The zero-order valence-electron chi connectivity index (χ0n) is 76.9. The van der Waals surface area contributed by atoms with E-state index in [4.69, 9.17) is 46.4 Å². The lowest BCUT2D eigenvalue weighted by atomic mass is 9.87. The van der Waals surface area contributed by atoms with Gasteiger partial charge in [-0.2, -0.15) is 0 Å². The predicted molar refractivity (Wildman–Crippen MR) is 543 cm³/mol. The number of fused-ring (bicyclic) bond motifs is 10. The average molecular weight is 2180 g/mol. The first kappa shape index (κ1) is 103. The molecule has 0 saturated carbocycles. The number of carbonyl (C=O) groups is 5. The Kier molecular flexibility index (Phi) is 27.4. The molecular weight excluding hydrogens is 2100 g/mol.